The van der Waals surface area contributed by atoms with Gasteiger partial charge >= 0.3 is 0 Å². The number of thiazole rings is 1. The van der Waals surface area contributed by atoms with Gasteiger partial charge in [0, 0.05) is 17.3 Å². The lowest BCUT2D eigenvalue weighted by molar-refractivity contribution is 0.347. The third kappa shape index (κ3) is 3.93. The monoisotopic (exact) mass is 355 g/mol. The predicted molar refractivity (Wildman–Crippen MR) is 104 cm³/mol. The van der Waals surface area contributed by atoms with E-state index in [0.29, 0.717) is 18.0 Å². The van der Waals surface area contributed by atoms with Crippen molar-refractivity contribution in [1.29, 1.82) is 5.41 Å². The summed E-state index contributed by atoms with van der Waals surface area (Å²) in [5.74, 6) is 0.653. The number of aryl methyl sites for hydroxylation is 1. The van der Waals surface area contributed by atoms with Crippen LogP contribution in [-0.4, -0.2) is 33.9 Å². The zero-order valence-corrected chi connectivity index (χ0v) is 15.9. The van der Waals surface area contributed by atoms with E-state index in [4.69, 9.17) is 5.41 Å². The quantitative estimate of drug-likeness (QED) is 0.822. The number of nitrogens with zero attached hydrogens (tertiary/aromatic N) is 2. The molecule has 5 heteroatoms. The number of hydrogen-bond acceptors (Lipinski definition) is 4. The Kier molecular flexibility index (Phi) is 4.95. The fourth-order valence-corrected chi connectivity index (χ4v) is 4.01. The number of amidine groups is 1. The van der Waals surface area contributed by atoms with Crippen LogP contribution in [0, 0.1) is 5.41 Å². The summed E-state index contributed by atoms with van der Waals surface area (Å²) in [7, 11) is 0. The smallest absolute Gasteiger partial charge is 0.135 e. The second kappa shape index (κ2) is 7.00. The lowest BCUT2D eigenvalue weighted by Gasteiger charge is -2.18. The van der Waals surface area contributed by atoms with E-state index < -0.39 is 0 Å². The van der Waals surface area contributed by atoms with E-state index in [9.17, 15) is 5.11 Å². The molecule has 2 aromatic rings. The van der Waals surface area contributed by atoms with Gasteiger partial charge in [-0.3, -0.25) is 5.41 Å². The molecular formula is C20H25N3OS. The maximum Gasteiger partial charge on any atom is 0.135 e. The molecule has 1 aliphatic heterocycles. The van der Waals surface area contributed by atoms with Crippen molar-refractivity contribution in [2.45, 2.75) is 39.0 Å². The van der Waals surface area contributed by atoms with Crippen LogP contribution in [0.25, 0.3) is 5.57 Å². The molecule has 25 heavy (non-hydrogen) atoms. The summed E-state index contributed by atoms with van der Waals surface area (Å²) in [6, 6.07) is 10.4. The second-order valence-corrected chi connectivity index (χ2v) is 8.33. The van der Waals surface area contributed by atoms with Crippen LogP contribution in [0.2, 0.25) is 0 Å². The third-order valence-corrected chi connectivity index (χ3v) is 5.26. The van der Waals surface area contributed by atoms with Gasteiger partial charge in [-0.2, -0.15) is 0 Å². The van der Waals surface area contributed by atoms with E-state index >= 15 is 0 Å². The van der Waals surface area contributed by atoms with Gasteiger partial charge in [-0.25, -0.2) is 4.98 Å². The molecule has 0 spiro atoms. The second-order valence-electron chi connectivity index (χ2n) is 7.47. The molecule has 0 radical (unpaired) electrons. The molecule has 2 N–H and O–H groups in total. The summed E-state index contributed by atoms with van der Waals surface area (Å²) in [5, 5.41) is 21.6. The van der Waals surface area contributed by atoms with Crippen molar-refractivity contribution < 1.29 is 5.11 Å². The highest BCUT2D eigenvalue weighted by molar-refractivity contribution is 7.11. The number of nitrogens with one attached hydrogen (secondary N) is 1. The van der Waals surface area contributed by atoms with Crippen molar-refractivity contribution in [3.63, 3.8) is 0 Å². The van der Waals surface area contributed by atoms with Gasteiger partial charge in [-0.15, -0.1) is 11.3 Å². The molecule has 0 aliphatic carbocycles. The van der Waals surface area contributed by atoms with E-state index in [1.54, 1.807) is 0 Å². The topological polar surface area (TPSA) is 60.2 Å². The Balaban J connectivity index is 1.64. The summed E-state index contributed by atoms with van der Waals surface area (Å²) >= 11 is 1.51. The van der Waals surface area contributed by atoms with E-state index in [-0.39, 0.29) is 11.2 Å². The van der Waals surface area contributed by atoms with Gasteiger partial charge in [0.1, 0.15) is 16.6 Å². The Labute approximate surface area is 153 Å². The lowest BCUT2D eigenvalue weighted by atomic mass is 9.93. The molecule has 0 unspecified atom stereocenters. The molecule has 0 bridgehead atoms. The first-order valence-electron chi connectivity index (χ1n) is 8.62. The predicted octanol–water partition coefficient (Wildman–Crippen LogP) is 4.64. The average Bonchev–Trinajstić information content (AvgIpc) is 3.14. The highest BCUT2D eigenvalue weighted by Gasteiger charge is 2.30. The first kappa shape index (κ1) is 17.7. The molecule has 3 rings (SSSR count). The molecular weight excluding hydrogens is 330 g/mol. The van der Waals surface area contributed by atoms with Crippen molar-refractivity contribution in [2.24, 2.45) is 0 Å². The molecule has 1 aromatic carbocycles. The van der Waals surface area contributed by atoms with Gasteiger partial charge < -0.3 is 10.0 Å². The van der Waals surface area contributed by atoms with Crippen LogP contribution in [0.1, 0.15) is 43.5 Å². The first-order chi connectivity index (χ1) is 11.9. The minimum Gasteiger partial charge on any atom is -0.510 e. The van der Waals surface area contributed by atoms with Crippen LogP contribution in [0.15, 0.2) is 41.5 Å². The van der Waals surface area contributed by atoms with Crippen molar-refractivity contribution in [1.82, 2.24) is 9.88 Å². The number of aromatic nitrogens is 1. The number of benzene rings is 1. The molecule has 1 aliphatic rings. The van der Waals surface area contributed by atoms with Gasteiger partial charge in [0.05, 0.1) is 17.8 Å². The number of hydrogen-bond donors (Lipinski definition) is 2. The van der Waals surface area contributed by atoms with Gasteiger partial charge in [-0.1, -0.05) is 51.1 Å². The molecule has 0 atom stereocenters. The zero-order valence-electron chi connectivity index (χ0n) is 15.0. The number of aliphatic hydroxyl groups excluding tert-OH is 1. The third-order valence-electron chi connectivity index (χ3n) is 4.41. The van der Waals surface area contributed by atoms with Crippen molar-refractivity contribution >= 4 is 22.7 Å². The summed E-state index contributed by atoms with van der Waals surface area (Å²) in [6.45, 7) is 7.54. The highest BCUT2D eigenvalue weighted by Crippen LogP contribution is 2.32. The first-order valence-corrected chi connectivity index (χ1v) is 9.50. The van der Waals surface area contributed by atoms with Crippen molar-refractivity contribution in [3.05, 3.63) is 57.7 Å². The van der Waals surface area contributed by atoms with Crippen LogP contribution in [0.3, 0.4) is 0 Å². The van der Waals surface area contributed by atoms with Gasteiger partial charge in [-0.05, 0) is 18.4 Å². The average molecular weight is 356 g/mol. The molecule has 0 fully saturated rings. The Morgan fingerprint density at radius 3 is 2.60 bits per heavy atom. The SMILES string of the molecule is CC(C)(C)c1csc(C2=C(O)CN(CCCc3ccccc3)C2=N)n1. The van der Waals surface area contributed by atoms with Crippen LogP contribution in [0.5, 0.6) is 0 Å². The van der Waals surface area contributed by atoms with Gasteiger partial charge in [0.15, 0.2) is 0 Å². The van der Waals surface area contributed by atoms with Crippen LogP contribution >= 0.6 is 11.3 Å². The van der Waals surface area contributed by atoms with E-state index in [1.807, 2.05) is 28.5 Å². The van der Waals surface area contributed by atoms with Crippen LogP contribution in [0.4, 0.5) is 0 Å². The number of rotatable bonds is 5. The van der Waals surface area contributed by atoms with E-state index in [1.165, 1.54) is 16.9 Å². The summed E-state index contributed by atoms with van der Waals surface area (Å²) < 4.78 is 0. The molecule has 0 saturated heterocycles. The normalized spacial score (nSPS) is 15.3. The fourth-order valence-electron chi connectivity index (χ4n) is 2.90. The summed E-state index contributed by atoms with van der Waals surface area (Å²) in [4.78, 5) is 6.60. The summed E-state index contributed by atoms with van der Waals surface area (Å²) in [6.07, 6.45) is 1.93. The van der Waals surface area contributed by atoms with Gasteiger partial charge in [0.2, 0.25) is 0 Å². The Hall–Kier alpha value is -2.14. The minimum atomic E-state index is -0.0267. The highest BCUT2D eigenvalue weighted by atomic mass is 32.1. The van der Waals surface area contributed by atoms with Gasteiger partial charge in [0.25, 0.3) is 0 Å². The van der Waals surface area contributed by atoms with Crippen LogP contribution in [-0.2, 0) is 11.8 Å². The Morgan fingerprint density at radius 2 is 1.96 bits per heavy atom. The molecule has 132 valence electrons. The molecule has 1 aromatic heterocycles. The minimum absolute atomic E-state index is 0.0267. The maximum atomic E-state index is 10.4. The zero-order chi connectivity index (χ0) is 18.0. The largest absolute Gasteiger partial charge is 0.510 e. The van der Waals surface area contributed by atoms with Crippen LogP contribution < -0.4 is 0 Å². The fraction of sp³-hybridized carbons (Fsp3) is 0.400. The van der Waals surface area contributed by atoms with E-state index in [0.717, 1.165) is 30.1 Å². The Morgan fingerprint density at radius 1 is 1.24 bits per heavy atom. The maximum absolute atomic E-state index is 10.4. The van der Waals surface area contributed by atoms with Crippen molar-refractivity contribution in [2.75, 3.05) is 13.1 Å². The number of aliphatic hydroxyl groups is 1. The van der Waals surface area contributed by atoms with Crippen molar-refractivity contribution in [3.8, 4) is 0 Å². The lowest BCUT2D eigenvalue weighted by Crippen LogP contribution is -2.28. The Bertz CT molecular complexity index is 787. The summed E-state index contributed by atoms with van der Waals surface area (Å²) in [5.41, 5.74) is 2.88. The molecule has 2 heterocycles. The molecule has 0 saturated carbocycles. The van der Waals surface area contributed by atoms with E-state index in [2.05, 4.69) is 37.9 Å². The standard InChI is InChI=1S/C20H25N3OS/c1-20(2,3)16-13-25-19(22-16)17-15(24)12-23(18(17)21)11-7-10-14-8-5-4-6-9-14/h4-6,8-9,13,21,24H,7,10-12H2,1-3H3. The molecule has 4 nitrogen and oxygen atoms in total. The molecule has 0 amide bonds.